The minimum Gasteiger partial charge on any atom is -0.383 e. The van der Waals surface area contributed by atoms with Crippen LogP contribution in [0.3, 0.4) is 0 Å². The van der Waals surface area contributed by atoms with Crippen LogP contribution in [0.2, 0.25) is 0 Å². The SMILES string of the molecule is CCNC(c1ccc(C(C)C)cc1)c1c(C)ccnc1N. The fourth-order valence-corrected chi connectivity index (χ4v) is 2.63. The number of rotatable bonds is 5. The summed E-state index contributed by atoms with van der Waals surface area (Å²) >= 11 is 0. The van der Waals surface area contributed by atoms with Crippen molar-refractivity contribution in [1.82, 2.24) is 10.3 Å². The van der Waals surface area contributed by atoms with Gasteiger partial charge < -0.3 is 11.1 Å². The summed E-state index contributed by atoms with van der Waals surface area (Å²) in [6.07, 6.45) is 1.76. The van der Waals surface area contributed by atoms with Crippen LogP contribution in [0.5, 0.6) is 0 Å². The van der Waals surface area contributed by atoms with E-state index in [1.54, 1.807) is 6.20 Å². The van der Waals surface area contributed by atoms with Crippen molar-refractivity contribution >= 4 is 5.82 Å². The highest BCUT2D eigenvalue weighted by atomic mass is 14.9. The zero-order chi connectivity index (χ0) is 15.4. The predicted molar refractivity (Wildman–Crippen MR) is 89.4 cm³/mol. The smallest absolute Gasteiger partial charge is 0.128 e. The summed E-state index contributed by atoms with van der Waals surface area (Å²) in [6, 6.07) is 10.9. The molecule has 21 heavy (non-hydrogen) atoms. The number of benzene rings is 1. The molecule has 1 unspecified atom stereocenters. The highest BCUT2D eigenvalue weighted by Gasteiger charge is 2.18. The third-order valence-corrected chi connectivity index (χ3v) is 3.87. The zero-order valence-electron chi connectivity index (χ0n) is 13.4. The lowest BCUT2D eigenvalue weighted by Crippen LogP contribution is -2.24. The van der Waals surface area contributed by atoms with Crippen molar-refractivity contribution in [2.45, 2.75) is 39.7 Å². The predicted octanol–water partition coefficient (Wildman–Crippen LogP) is 3.79. The van der Waals surface area contributed by atoms with E-state index in [1.807, 2.05) is 6.07 Å². The number of aromatic nitrogens is 1. The summed E-state index contributed by atoms with van der Waals surface area (Å²) in [4.78, 5) is 4.25. The van der Waals surface area contributed by atoms with E-state index in [2.05, 4.69) is 62.3 Å². The van der Waals surface area contributed by atoms with E-state index in [0.717, 1.165) is 12.1 Å². The highest BCUT2D eigenvalue weighted by Crippen LogP contribution is 2.29. The molecule has 3 N–H and O–H groups in total. The molecule has 0 aliphatic rings. The Kier molecular flexibility index (Phi) is 4.97. The largest absolute Gasteiger partial charge is 0.383 e. The maximum Gasteiger partial charge on any atom is 0.128 e. The average Bonchev–Trinajstić information content (AvgIpc) is 2.46. The quantitative estimate of drug-likeness (QED) is 0.877. The van der Waals surface area contributed by atoms with Crippen molar-refractivity contribution in [1.29, 1.82) is 0 Å². The van der Waals surface area contributed by atoms with Gasteiger partial charge in [0.05, 0.1) is 6.04 Å². The Morgan fingerprint density at radius 3 is 2.24 bits per heavy atom. The van der Waals surface area contributed by atoms with Gasteiger partial charge in [-0.1, -0.05) is 45.0 Å². The Bertz CT molecular complexity index is 568. The monoisotopic (exact) mass is 283 g/mol. The van der Waals surface area contributed by atoms with Crippen LogP contribution in [0.1, 0.15) is 55.0 Å². The van der Waals surface area contributed by atoms with E-state index in [0.29, 0.717) is 11.7 Å². The molecule has 0 saturated carbocycles. The molecule has 0 spiro atoms. The average molecular weight is 283 g/mol. The fraction of sp³-hybridized carbons (Fsp3) is 0.389. The second kappa shape index (κ2) is 6.72. The Labute approximate surface area is 127 Å². The standard InChI is InChI=1S/C18H25N3/c1-5-20-17(16-13(4)10-11-21-18(16)19)15-8-6-14(7-9-15)12(2)3/h6-12,17,20H,5H2,1-4H3,(H2,19,21). The Morgan fingerprint density at radius 2 is 1.71 bits per heavy atom. The van der Waals surface area contributed by atoms with Crippen LogP contribution in [0.4, 0.5) is 5.82 Å². The van der Waals surface area contributed by atoms with E-state index in [9.17, 15) is 0 Å². The van der Waals surface area contributed by atoms with Crippen LogP contribution in [-0.4, -0.2) is 11.5 Å². The molecule has 1 atom stereocenters. The van der Waals surface area contributed by atoms with Gasteiger partial charge in [0.2, 0.25) is 0 Å². The molecule has 1 aromatic carbocycles. The van der Waals surface area contributed by atoms with Crippen molar-refractivity contribution in [3.8, 4) is 0 Å². The van der Waals surface area contributed by atoms with Gasteiger partial charge in [-0.2, -0.15) is 0 Å². The lowest BCUT2D eigenvalue weighted by atomic mass is 9.93. The molecule has 3 heteroatoms. The number of aryl methyl sites for hydroxylation is 1. The molecule has 2 rings (SSSR count). The van der Waals surface area contributed by atoms with Crippen LogP contribution in [0, 0.1) is 6.92 Å². The highest BCUT2D eigenvalue weighted by molar-refractivity contribution is 5.50. The van der Waals surface area contributed by atoms with Gasteiger partial charge >= 0.3 is 0 Å². The first-order valence-corrected chi connectivity index (χ1v) is 7.58. The maximum atomic E-state index is 6.12. The van der Waals surface area contributed by atoms with Crippen LogP contribution in [0.25, 0.3) is 0 Å². The van der Waals surface area contributed by atoms with E-state index < -0.39 is 0 Å². The summed E-state index contributed by atoms with van der Waals surface area (Å²) in [5, 5.41) is 3.53. The molecule has 0 fully saturated rings. The van der Waals surface area contributed by atoms with Gasteiger partial charge in [-0.05, 0) is 42.1 Å². The summed E-state index contributed by atoms with van der Waals surface area (Å²) in [5.41, 5.74) is 10.9. The normalized spacial score (nSPS) is 12.6. The minimum atomic E-state index is 0.0879. The Hall–Kier alpha value is -1.87. The molecule has 2 aromatic rings. The number of anilines is 1. The third-order valence-electron chi connectivity index (χ3n) is 3.87. The van der Waals surface area contributed by atoms with Gasteiger partial charge in [-0.25, -0.2) is 4.98 Å². The Balaban J connectivity index is 2.43. The van der Waals surface area contributed by atoms with Gasteiger partial charge in [0, 0.05) is 11.8 Å². The molecule has 0 bridgehead atoms. The van der Waals surface area contributed by atoms with Crippen LogP contribution in [-0.2, 0) is 0 Å². The van der Waals surface area contributed by atoms with E-state index in [4.69, 9.17) is 5.73 Å². The van der Waals surface area contributed by atoms with Crippen molar-refractivity contribution in [2.75, 3.05) is 12.3 Å². The maximum absolute atomic E-state index is 6.12. The number of nitrogens with zero attached hydrogens (tertiary/aromatic N) is 1. The number of nitrogen functional groups attached to an aromatic ring is 1. The molecule has 3 nitrogen and oxygen atoms in total. The number of nitrogens with one attached hydrogen (secondary N) is 1. The first-order valence-electron chi connectivity index (χ1n) is 7.58. The van der Waals surface area contributed by atoms with E-state index in [-0.39, 0.29) is 6.04 Å². The third kappa shape index (κ3) is 3.42. The Morgan fingerprint density at radius 1 is 1.10 bits per heavy atom. The van der Waals surface area contributed by atoms with Crippen molar-refractivity contribution in [2.24, 2.45) is 0 Å². The fourth-order valence-electron chi connectivity index (χ4n) is 2.63. The lowest BCUT2D eigenvalue weighted by molar-refractivity contribution is 0.627. The summed E-state index contributed by atoms with van der Waals surface area (Å²) < 4.78 is 0. The molecular formula is C18H25N3. The molecule has 0 aliphatic heterocycles. The van der Waals surface area contributed by atoms with Crippen molar-refractivity contribution in [3.63, 3.8) is 0 Å². The molecule has 112 valence electrons. The molecule has 0 saturated heterocycles. The first-order chi connectivity index (χ1) is 10.0. The van der Waals surface area contributed by atoms with Gasteiger partial charge in [-0.3, -0.25) is 0 Å². The van der Waals surface area contributed by atoms with Crippen molar-refractivity contribution in [3.05, 3.63) is 58.8 Å². The second-order valence-corrected chi connectivity index (χ2v) is 5.74. The summed E-state index contributed by atoms with van der Waals surface area (Å²) in [6.45, 7) is 9.49. The number of nitrogens with two attached hydrogens (primary N) is 1. The molecule has 1 heterocycles. The molecule has 1 aromatic heterocycles. The van der Waals surface area contributed by atoms with Crippen LogP contribution < -0.4 is 11.1 Å². The summed E-state index contributed by atoms with van der Waals surface area (Å²) in [7, 11) is 0. The first kappa shape index (κ1) is 15.5. The number of hydrogen-bond acceptors (Lipinski definition) is 3. The van der Waals surface area contributed by atoms with Gasteiger partial charge in [0.25, 0.3) is 0 Å². The summed E-state index contributed by atoms with van der Waals surface area (Å²) in [5.74, 6) is 1.15. The van der Waals surface area contributed by atoms with Crippen molar-refractivity contribution < 1.29 is 0 Å². The van der Waals surface area contributed by atoms with Gasteiger partial charge in [0.15, 0.2) is 0 Å². The van der Waals surface area contributed by atoms with Crippen LogP contribution >= 0.6 is 0 Å². The molecule has 0 radical (unpaired) electrons. The lowest BCUT2D eigenvalue weighted by Gasteiger charge is -2.22. The number of hydrogen-bond donors (Lipinski definition) is 2. The van der Waals surface area contributed by atoms with E-state index >= 15 is 0 Å². The minimum absolute atomic E-state index is 0.0879. The number of pyridine rings is 1. The molecule has 0 amide bonds. The molecule has 0 aliphatic carbocycles. The molecular weight excluding hydrogens is 258 g/mol. The van der Waals surface area contributed by atoms with E-state index in [1.165, 1.54) is 16.7 Å². The van der Waals surface area contributed by atoms with Gasteiger partial charge in [0.1, 0.15) is 5.82 Å². The van der Waals surface area contributed by atoms with Crippen LogP contribution in [0.15, 0.2) is 36.5 Å². The topological polar surface area (TPSA) is 50.9 Å². The zero-order valence-corrected chi connectivity index (χ0v) is 13.4. The second-order valence-electron chi connectivity index (χ2n) is 5.74. The van der Waals surface area contributed by atoms with Gasteiger partial charge in [-0.15, -0.1) is 0 Å².